The summed E-state index contributed by atoms with van der Waals surface area (Å²) in [5, 5.41) is 10.1. The van der Waals surface area contributed by atoms with Gasteiger partial charge in [-0.05, 0) is 54.5 Å². The molecule has 0 saturated heterocycles. The van der Waals surface area contributed by atoms with Crippen molar-refractivity contribution in [3.63, 3.8) is 0 Å². The maximum Gasteiger partial charge on any atom is 0.274 e. The van der Waals surface area contributed by atoms with Gasteiger partial charge in [0.15, 0.2) is 5.75 Å². The number of aromatic nitrogens is 3. The number of aromatic hydroxyl groups is 1. The summed E-state index contributed by atoms with van der Waals surface area (Å²) >= 11 is 0. The molecule has 0 bridgehead atoms. The van der Waals surface area contributed by atoms with E-state index in [1.165, 1.54) is 35.9 Å². The molecule has 1 N–H and O–H groups in total. The minimum absolute atomic E-state index is 0.125. The number of nitrogens with zero attached hydrogens (tertiary/aromatic N) is 4. The average Bonchev–Trinajstić information content (AvgIpc) is 3.17. The van der Waals surface area contributed by atoms with Crippen molar-refractivity contribution in [3.05, 3.63) is 59.1 Å². The molecule has 1 aliphatic heterocycles. The molecule has 5 rings (SSSR count). The number of benzene rings is 1. The van der Waals surface area contributed by atoms with Crippen LogP contribution < -0.4 is 4.90 Å². The maximum absolute atomic E-state index is 14.6. The molecule has 0 atom stereocenters. The monoisotopic (exact) mass is 406 g/mol. The fourth-order valence-corrected chi connectivity index (χ4v) is 4.86. The Bertz CT molecular complexity index is 1200. The Kier molecular flexibility index (Phi) is 4.00. The molecule has 0 saturated carbocycles. The zero-order valence-electron chi connectivity index (χ0n) is 17.2. The molecule has 2 aromatic heterocycles. The lowest BCUT2D eigenvalue weighted by Crippen LogP contribution is -2.41. The van der Waals surface area contributed by atoms with Crippen molar-refractivity contribution in [2.45, 2.75) is 40.2 Å². The van der Waals surface area contributed by atoms with Crippen molar-refractivity contribution >= 4 is 11.6 Å². The molecule has 2 aliphatic rings. The van der Waals surface area contributed by atoms with Crippen LogP contribution in [-0.2, 0) is 19.4 Å². The van der Waals surface area contributed by atoms with E-state index in [0.29, 0.717) is 35.6 Å². The molecule has 3 heterocycles. The van der Waals surface area contributed by atoms with Crippen LogP contribution in [0.3, 0.4) is 0 Å². The van der Waals surface area contributed by atoms with Crippen LogP contribution in [0.15, 0.2) is 30.7 Å². The standard InChI is InChI=1S/C23H23FN4O2/c1-13-16(21-20(29)11-25-12-26-21)7-15(24)8-17(13)28-5-4-27-18(22(28)30)6-14-9-23(2,3)10-19(14)27/h6-8,11-12,29H,4-5,9-10H2,1-3H3. The second-order valence-electron chi connectivity index (χ2n) is 8.98. The molecule has 3 aromatic rings. The fourth-order valence-electron chi connectivity index (χ4n) is 4.86. The molecule has 6 nitrogen and oxygen atoms in total. The molecule has 0 unspecified atom stereocenters. The summed E-state index contributed by atoms with van der Waals surface area (Å²) in [5.74, 6) is -0.739. The van der Waals surface area contributed by atoms with E-state index in [0.717, 1.165) is 12.8 Å². The van der Waals surface area contributed by atoms with Crippen LogP contribution in [0.2, 0.25) is 0 Å². The van der Waals surface area contributed by atoms with Crippen molar-refractivity contribution < 1.29 is 14.3 Å². The van der Waals surface area contributed by atoms with Crippen molar-refractivity contribution in [1.82, 2.24) is 14.5 Å². The van der Waals surface area contributed by atoms with Crippen LogP contribution in [0, 0.1) is 18.2 Å². The van der Waals surface area contributed by atoms with Crippen LogP contribution in [0.4, 0.5) is 10.1 Å². The van der Waals surface area contributed by atoms with Gasteiger partial charge >= 0.3 is 0 Å². The zero-order valence-corrected chi connectivity index (χ0v) is 17.2. The highest BCUT2D eigenvalue weighted by atomic mass is 19.1. The van der Waals surface area contributed by atoms with Crippen molar-refractivity contribution in [2.75, 3.05) is 11.4 Å². The smallest absolute Gasteiger partial charge is 0.274 e. The van der Waals surface area contributed by atoms with Crippen molar-refractivity contribution in [1.29, 1.82) is 0 Å². The van der Waals surface area contributed by atoms with Crippen LogP contribution in [0.25, 0.3) is 11.3 Å². The molecule has 30 heavy (non-hydrogen) atoms. The summed E-state index contributed by atoms with van der Waals surface area (Å²) in [6.45, 7) is 7.45. The first-order chi connectivity index (χ1) is 14.2. The number of hydrogen-bond acceptors (Lipinski definition) is 4. The lowest BCUT2D eigenvalue weighted by atomic mass is 9.90. The highest BCUT2D eigenvalue weighted by molar-refractivity contribution is 6.07. The maximum atomic E-state index is 14.6. The first kappa shape index (κ1) is 18.8. The predicted molar refractivity (Wildman–Crippen MR) is 111 cm³/mol. The van der Waals surface area contributed by atoms with Gasteiger partial charge in [-0.2, -0.15) is 0 Å². The van der Waals surface area contributed by atoms with Gasteiger partial charge < -0.3 is 14.6 Å². The molecule has 1 aromatic carbocycles. The lowest BCUT2D eigenvalue weighted by Gasteiger charge is -2.31. The van der Waals surface area contributed by atoms with Crippen LogP contribution in [-0.4, -0.2) is 32.1 Å². The second-order valence-corrected chi connectivity index (χ2v) is 8.98. The fraction of sp³-hybridized carbons (Fsp3) is 0.348. The molecule has 7 heteroatoms. The Morgan fingerprint density at radius 3 is 2.73 bits per heavy atom. The van der Waals surface area contributed by atoms with Crippen LogP contribution in [0.5, 0.6) is 5.75 Å². The van der Waals surface area contributed by atoms with Crippen LogP contribution in [0.1, 0.15) is 41.2 Å². The number of anilines is 1. The van der Waals surface area contributed by atoms with Gasteiger partial charge in [-0.15, -0.1) is 0 Å². The topological polar surface area (TPSA) is 71.2 Å². The number of amides is 1. The molecule has 1 amide bonds. The van der Waals surface area contributed by atoms with E-state index in [1.54, 1.807) is 4.90 Å². The van der Waals surface area contributed by atoms with Gasteiger partial charge in [-0.3, -0.25) is 4.79 Å². The van der Waals surface area contributed by atoms with E-state index in [1.807, 2.05) is 13.0 Å². The largest absolute Gasteiger partial charge is 0.504 e. The van der Waals surface area contributed by atoms with E-state index in [4.69, 9.17) is 0 Å². The number of rotatable bonds is 2. The summed E-state index contributed by atoms with van der Waals surface area (Å²) in [4.78, 5) is 22.9. The summed E-state index contributed by atoms with van der Waals surface area (Å²) < 4.78 is 16.7. The van der Waals surface area contributed by atoms with Crippen molar-refractivity contribution in [3.8, 4) is 17.0 Å². The number of hydrogen-bond donors (Lipinski definition) is 1. The van der Waals surface area contributed by atoms with Gasteiger partial charge in [0.25, 0.3) is 5.91 Å². The Morgan fingerprint density at radius 2 is 1.97 bits per heavy atom. The SMILES string of the molecule is Cc1c(-c2ncncc2O)cc(F)cc1N1CCn2c(cc3c2CC(C)(C)C3)C1=O. The summed E-state index contributed by atoms with van der Waals surface area (Å²) in [6, 6.07) is 4.71. The molecule has 0 spiro atoms. The third-order valence-electron chi connectivity index (χ3n) is 6.21. The molecule has 1 aliphatic carbocycles. The highest BCUT2D eigenvalue weighted by Gasteiger charge is 2.37. The molecular formula is C23H23FN4O2. The Balaban J connectivity index is 1.57. The number of fused-ring (bicyclic) bond motifs is 3. The molecule has 154 valence electrons. The van der Waals surface area contributed by atoms with Gasteiger partial charge in [-0.25, -0.2) is 14.4 Å². The molecule has 0 fully saturated rings. The van der Waals surface area contributed by atoms with E-state index < -0.39 is 5.82 Å². The summed E-state index contributed by atoms with van der Waals surface area (Å²) in [7, 11) is 0. The molecular weight excluding hydrogens is 383 g/mol. The summed E-state index contributed by atoms with van der Waals surface area (Å²) in [6.07, 6.45) is 4.51. The van der Waals surface area contributed by atoms with Gasteiger partial charge in [0.1, 0.15) is 23.5 Å². The van der Waals surface area contributed by atoms with E-state index in [9.17, 15) is 14.3 Å². The lowest BCUT2D eigenvalue weighted by molar-refractivity contribution is 0.0964. The second kappa shape index (κ2) is 6.39. The third-order valence-corrected chi connectivity index (χ3v) is 6.21. The minimum Gasteiger partial charge on any atom is -0.504 e. The first-order valence-corrected chi connectivity index (χ1v) is 10.1. The van der Waals surface area contributed by atoms with Crippen LogP contribution >= 0.6 is 0 Å². The third kappa shape index (κ3) is 2.80. The minimum atomic E-state index is -0.485. The Hall–Kier alpha value is -3.22. The summed E-state index contributed by atoms with van der Waals surface area (Å²) in [5.41, 5.74) is 5.27. The normalized spacial score (nSPS) is 17.2. The van der Waals surface area contributed by atoms with E-state index in [2.05, 4.69) is 28.4 Å². The van der Waals surface area contributed by atoms with Gasteiger partial charge in [0.05, 0.1) is 11.9 Å². The van der Waals surface area contributed by atoms with Crippen molar-refractivity contribution in [2.24, 2.45) is 5.41 Å². The van der Waals surface area contributed by atoms with E-state index in [-0.39, 0.29) is 22.8 Å². The Labute approximate surface area is 174 Å². The van der Waals surface area contributed by atoms with Gasteiger partial charge in [0, 0.05) is 24.3 Å². The quantitative estimate of drug-likeness (QED) is 0.701. The molecule has 0 radical (unpaired) electrons. The van der Waals surface area contributed by atoms with Gasteiger partial charge in [-0.1, -0.05) is 13.8 Å². The number of carbonyl (C=O) groups excluding carboxylic acids is 1. The zero-order chi connectivity index (χ0) is 21.2. The van der Waals surface area contributed by atoms with E-state index >= 15 is 0 Å². The van der Waals surface area contributed by atoms with Gasteiger partial charge in [0.2, 0.25) is 0 Å². The Morgan fingerprint density at radius 1 is 1.17 bits per heavy atom. The highest BCUT2D eigenvalue weighted by Crippen LogP contribution is 2.40. The number of halogens is 1. The number of carbonyl (C=O) groups is 1. The predicted octanol–water partition coefficient (Wildman–Crippen LogP) is 3.88. The first-order valence-electron chi connectivity index (χ1n) is 10.1. The average molecular weight is 406 g/mol.